The fourth-order valence-corrected chi connectivity index (χ4v) is 3.12. The zero-order valence-electron chi connectivity index (χ0n) is 17.2. The summed E-state index contributed by atoms with van der Waals surface area (Å²) in [5.41, 5.74) is 8.72. The van der Waals surface area contributed by atoms with E-state index in [4.69, 9.17) is 15.7 Å². The number of amides is 2. The van der Waals surface area contributed by atoms with E-state index in [0.717, 1.165) is 5.56 Å². The highest BCUT2D eigenvalue weighted by Crippen LogP contribution is 2.30. The number of rotatable bonds is 2. The summed E-state index contributed by atoms with van der Waals surface area (Å²) in [5, 5.41) is 11.9. The van der Waals surface area contributed by atoms with Crippen molar-refractivity contribution in [1.29, 1.82) is 5.26 Å². The maximum Gasteiger partial charge on any atom is 0.322 e. The number of nitriles is 1. The molecule has 4 rings (SSSR count). The van der Waals surface area contributed by atoms with Crippen molar-refractivity contribution in [2.75, 3.05) is 23.8 Å². The van der Waals surface area contributed by atoms with Crippen LogP contribution in [-0.4, -0.2) is 34.1 Å². The lowest BCUT2D eigenvalue weighted by molar-refractivity contribution is 0.236. The summed E-state index contributed by atoms with van der Waals surface area (Å²) in [5.74, 6) is 6.50. The fraction of sp³-hybridized carbons (Fsp3) is 0.174. The molecule has 3 heterocycles. The minimum Gasteiger partial charge on any atom is -0.474 e. The Balaban J connectivity index is 1.53. The fourth-order valence-electron chi connectivity index (χ4n) is 3.12. The first-order valence-corrected chi connectivity index (χ1v) is 9.84. The summed E-state index contributed by atoms with van der Waals surface area (Å²) in [7, 11) is 0. The van der Waals surface area contributed by atoms with Crippen LogP contribution in [0, 0.1) is 23.2 Å². The number of urea groups is 1. The van der Waals surface area contributed by atoms with Gasteiger partial charge >= 0.3 is 6.03 Å². The number of anilines is 2. The van der Waals surface area contributed by atoms with Crippen molar-refractivity contribution in [3.05, 3.63) is 71.2 Å². The molecule has 1 aliphatic rings. The maximum atomic E-state index is 13.0. The molecule has 3 aromatic rings. The van der Waals surface area contributed by atoms with Gasteiger partial charge in [-0.05, 0) is 30.7 Å². The molecule has 3 N–H and O–H groups in total. The van der Waals surface area contributed by atoms with Gasteiger partial charge in [-0.2, -0.15) is 5.26 Å². The van der Waals surface area contributed by atoms with Gasteiger partial charge in [0.15, 0.2) is 0 Å². The summed E-state index contributed by atoms with van der Waals surface area (Å²) < 4.78 is 5.60. The highest BCUT2D eigenvalue weighted by atomic mass is 16.5. The van der Waals surface area contributed by atoms with Gasteiger partial charge in [0.05, 0.1) is 29.8 Å². The van der Waals surface area contributed by atoms with E-state index in [1.165, 1.54) is 12.4 Å². The average Bonchev–Trinajstić information content (AvgIpc) is 2.83. The molecular formula is C23H19N7O2. The number of aromatic nitrogens is 3. The van der Waals surface area contributed by atoms with Crippen molar-refractivity contribution >= 4 is 17.7 Å². The van der Waals surface area contributed by atoms with Gasteiger partial charge in [0.1, 0.15) is 12.3 Å². The van der Waals surface area contributed by atoms with Crippen molar-refractivity contribution in [3.8, 4) is 23.8 Å². The van der Waals surface area contributed by atoms with E-state index in [0.29, 0.717) is 41.4 Å². The zero-order valence-corrected chi connectivity index (χ0v) is 17.2. The van der Waals surface area contributed by atoms with Crippen molar-refractivity contribution in [3.63, 3.8) is 0 Å². The van der Waals surface area contributed by atoms with E-state index in [2.05, 4.69) is 38.2 Å². The zero-order chi connectivity index (χ0) is 22.5. The first kappa shape index (κ1) is 20.6. The number of hydrogen-bond acceptors (Lipinski definition) is 7. The molecule has 9 nitrogen and oxygen atoms in total. The SMILES string of the molecule is C[C@H](NC(=O)N1CCOc2ncc(C#Cc3cnc(N)nc3)cc21)c1ccc(C#N)cc1. The predicted molar refractivity (Wildman–Crippen MR) is 118 cm³/mol. The molecule has 0 spiro atoms. The molecule has 32 heavy (non-hydrogen) atoms. The normalized spacial score (nSPS) is 12.9. The number of hydrogen-bond donors (Lipinski definition) is 2. The first-order valence-electron chi connectivity index (χ1n) is 9.84. The van der Waals surface area contributed by atoms with Crippen molar-refractivity contribution < 1.29 is 9.53 Å². The van der Waals surface area contributed by atoms with E-state index in [-0.39, 0.29) is 18.0 Å². The van der Waals surface area contributed by atoms with Crippen LogP contribution < -0.4 is 20.7 Å². The van der Waals surface area contributed by atoms with E-state index in [1.807, 2.05) is 19.1 Å². The molecule has 0 bridgehead atoms. The Morgan fingerprint density at radius 2 is 1.81 bits per heavy atom. The van der Waals surface area contributed by atoms with Gasteiger partial charge in [-0.25, -0.2) is 19.7 Å². The van der Waals surface area contributed by atoms with Crippen molar-refractivity contribution in [2.45, 2.75) is 13.0 Å². The van der Waals surface area contributed by atoms with Crippen LogP contribution in [0.15, 0.2) is 48.9 Å². The van der Waals surface area contributed by atoms with Crippen LogP contribution in [0.2, 0.25) is 0 Å². The highest BCUT2D eigenvalue weighted by molar-refractivity contribution is 5.94. The Kier molecular flexibility index (Phi) is 5.82. The van der Waals surface area contributed by atoms with Crippen LogP contribution >= 0.6 is 0 Å². The number of nitrogens with two attached hydrogens (primary N) is 1. The second kappa shape index (κ2) is 9.02. The van der Waals surface area contributed by atoms with Gasteiger partial charge < -0.3 is 15.8 Å². The molecule has 0 fully saturated rings. The van der Waals surface area contributed by atoms with E-state index in [9.17, 15) is 4.79 Å². The minimum absolute atomic E-state index is 0.181. The molecule has 1 aliphatic heterocycles. The van der Waals surface area contributed by atoms with Gasteiger partial charge in [-0.3, -0.25) is 4.90 Å². The number of carbonyl (C=O) groups excluding carboxylic acids is 1. The van der Waals surface area contributed by atoms with Gasteiger partial charge in [-0.1, -0.05) is 24.0 Å². The Labute approximate surface area is 184 Å². The highest BCUT2D eigenvalue weighted by Gasteiger charge is 2.26. The molecule has 0 saturated heterocycles. The van der Waals surface area contributed by atoms with Gasteiger partial charge in [0, 0.05) is 24.2 Å². The third-order valence-electron chi connectivity index (χ3n) is 4.82. The molecule has 0 saturated carbocycles. The number of carbonyl (C=O) groups is 1. The Morgan fingerprint density at radius 3 is 2.53 bits per heavy atom. The number of fused-ring (bicyclic) bond motifs is 1. The maximum absolute atomic E-state index is 13.0. The van der Waals surface area contributed by atoms with Gasteiger partial charge in [0.2, 0.25) is 11.8 Å². The topological polar surface area (TPSA) is 130 Å². The smallest absolute Gasteiger partial charge is 0.322 e. The van der Waals surface area contributed by atoms with Crippen LogP contribution in [-0.2, 0) is 0 Å². The molecule has 9 heteroatoms. The number of pyridine rings is 1. The summed E-state index contributed by atoms with van der Waals surface area (Å²) >= 11 is 0. The van der Waals surface area contributed by atoms with E-state index >= 15 is 0 Å². The number of nitrogen functional groups attached to an aromatic ring is 1. The molecule has 0 radical (unpaired) electrons. The standard InChI is InChI=1S/C23H19N7O2/c1-15(19-6-4-16(11-24)5-7-19)29-23(31)30-8-9-32-21-20(30)10-17(12-26-21)2-3-18-13-27-22(25)28-14-18/h4-7,10,12-15H,8-9H2,1H3,(H,29,31)(H2,25,27,28)/t15-/m0/s1. The van der Waals surface area contributed by atoms with Crippen LogP contribution in [0.3, 0.4) is 0 Å². The summed E-state index contributed by atoms with van der Waals surface area (Å²) in [6.45, 7) is 2.60. The lowest BCUT2D eigenvalue weighted by atomic mass is 10.1. The first-order chi connectivity index (χ1) is 15.5. The van der Waals surface area contributed by atoms with E-state index in [1.54, 1.807) is 29.3 Å². The second-order valence-electron chi connectivity index (χ2n) is 7.03. The second-order valence-corrected chi connectivity index (χ2v) is 7.03. The number of benzene rings is 1. The number of nitrogens with one attached hydrogen (secondary N) is 1. The third kappa shape index (κ3) is 4.58. The summed E-state index contributed by atoms with van der Waals surface area (Å²) in [6, 6.07) is 10.4. The van der Waals surface area contributed by atoms with Gasteiger partial charge in [-0.15, -0.1) is 0 Å². The molecule has 158 valence electrons. The van der Waals surface area contributed by atoms with Crippen molar-refractivity contribution in [2.24, 2.45) is 0 Å². The predicted octanol–water partition coefficient (Wildman–Crippen LogP) is 2.39. The summed E-state index contributed by atoms with van der Waals surface area (Å²) in [6.07, 6.45) is 4.66. The van der Waals surface area contributed by atoms with Crippen LogP contribution in [0.25, 0.3) is 0 Å². The Morgan fingerprint density at radius 1 is 1.12 bits per heavy atom. The molecule has 2 aromatic heterocycles. The summed E-state index contributed by atoms with van der Waals surface area (Å²) in [4.78, 5) is 26.7. The van der Waals surface area contributed by atoms with E-state index < -0.39 is 0 Å². The minimum atomic E-state index is -0.273. The molecular weight excluding hydrogens is 406 g/mol. The van der Waals surface area contributed by atoms with Crippen LogP contribution in [0.1, 0.15) is 35.2 Å². The van der Waals surface area contributed by atoms with Crippen LogP contribution in [0.5, 0.6) is 5.88 Å². The Hall–Kier alpha value is -4.63. The molecule has 0 unspecified atom stereocenters. The molecule has 1 aromatic carbocycles. The lowest BCUT2D eigenvalue weighted by Gasteiger charge is -2.30. The van der Waals surface area contributed by atoms with Crippen LogP contribution in [0.4, 0.5) is 16.4 Å². The Bertz CT molecular complexity index is 1240. The number of nitrogens with zero attached hydrogens (tertiary/aromatic N) is 5. The third-order valence-corrected chi connectivity index (χ3v) is 4.82. The van der Waals surface area contributed by atoms with Crippen molar-refractivity contribution in [1.82, 2.24) is 20.3 Å². The average molecular weight is 425 g/mol. The largest absolute Gasteiger partial charge is 0.474 e. The van der Waals surface area contributed by atoms with Gasteiger partial charge in [0.25, 0.3) is 0 Å². The number of ether oxygens (including phenoxy) is 1. The molecule has 2 amide bonds. The molecule has 1 atom stereocenters. The quantitative estimate of drug-likeness (QED) is 0.603. The monoisotopic (exact) mass is 425 g/mol. The lowest BCUT2D eigenvalue weighted by Crippen LogP contribution is -2.45. The molecule has 0 aliphatic carbocycles.